The summed E-state index contributed by atoms with van der Waals surface area (Å²) in [5, 5.41) is 11.8. The molecule has 1 saturated heterocycles. The first-order chi connectivity index (χ1) is 19.6. The molecule has 9 nitrogen and oxygen atoms in total. The number of carbonyl (C=O) groups excluding carboxylic acids is 3. The van der Waals surface area contributed by atoms with E-state index in [0.29, 0.717) is 46.2 Å². The van der Waals surface area contributed by atoms with E-state index in [2.05, 4.69) is 11.6 Å². The van der Waals surface area contributed by atoms with Gasteiger partial charge in [0.2, 0.25) is 0 Å². The molecule has 5 rings (SSSR count). The van der Waals surface area contributed by atoms with E-state index in [1.807, 2.05) is 13.8 Å². The molecule has 1 fully saturated rings. The Morgan fingerprint density at radius 2 is 2.00 bits per heavy atom. The summed E-state index contributed by atoms with van der Waals surface area (Å²) in [7, 11) is 0. The van der Waals surface area contributed by atoms with Gasteiger partial charge in [0.25, 0.3) is 5.78 Å². The molecular formula is C31H30N2O7S. The lowest BCUT2D eigenvalue weighted by molar-refractivity contribution is -0.132. The van der Waals surface area contributed by atoms with E-state index in [9.17, 15) is 19.5 Å². The SMILES string of the molecule is C=CCOc1ccc(C2/C(=C(/O)c3ccc4c(c3)CC(C)O4)C(=O)C(=O)N2c2nc(C)c(C(C)=O)s2)cc1OCC. The number of fused-ring (bicyclic) bond motifs is 1. The zero-order valence-corrected chi connectivity index (χ0v) is 24.0. The summed E-state index contributed by atoms with van der Waals surface area (Å²) in [5.41, 5.74) is 2.14. The fourth-order valence-electron chi connectivity index (χ4n) is 5.11. The van der Waals surface area contributed by atoms with E-state index in [1.54, 1.807) is 49.4 Å². The molecule has 0 saturated carbocycles. The topological polar surface area (TPSA) is 115 Å². The van der Waals surface area contributed by atoms with Crippen molar-refractivity contribution in [3.8, 4) is 17.2 Å². The molecule has 41 heavy (non-hydrogen) atoms. The Morgan fingerprint density at radius 1 is 1.22 bits per heavy atom. The molecule has 0 aliphatic carbocycles. The van der Waals surface area contributed by atoms with Gasteiger partial charge in [0.05, 0.1) is 28.8 Å². The second kappa shape index (κ2) is 11.2. The number of thiazole rings is 1. The smallest absolute Gasteiger partial charge is 0.301 e. The molecule has 1 amide bonds. The van der Waals surface area contributed by atoms with E-state index in [0.717, 1.165) is 22.6 Å². The average Bonchev–Trinajstić information content (AvgIpc) is 3.59. The minimum atomic E-state index is -1.04. The molecule has 3 heterocycles. The summed E-state index contributed by atoms with van der Waals surface area (Å²) in [6.07, 6.45) is 2.26. The van der Waals surface area contributed by atoms with Crippen molar-refractivity contribution in [3.05, 3.63) is 81.9 Å². The Kier molecular flexibility index (Phi) is 7.68. The first-order valence-corrected chi connectivity index (χ1v) is 14.1. The number of Topliss-reactive ketones (excluding diaryl/α,β-unsaturated/α-hetero) is 2. The van der Waals surface area contributed by atoms with Crippen LogP contribution < -0.4 is 19.1 Å². The quantitative estimate of drug-likeness (QED) is 0.116. The molecule has 0 bridgehead atoms. The van der Waals surface area contributed by atoms with Crippen LogP contribution in [0.3, 0.4) is 0 Å². The first kappa shape index (κ1) is 28.1. The second-order valence-electron chi connectivity index (χ2n) is 9.83. The number of nitrogens with zero attached hydrogens (tertiary/aromatic N) is 2. The summed E-state index contributed by atoms with van der Waals surface area (Å²) in [4.78, 5) is 45.5. The molecule has 3 aromatic rings. The molecule has 10 heteroatoms. The Hall–Kier alpha value is -4.44. The van der Waals surface area contributed by atoms with E-state index in [-0.39, 0.29) is 35.0 Å². The highest BCUT2D eigenvalue weighted by Gasteiger charge is 2.48. The number of amides is 1. The third-order valence-corrected chi connectivity index (χ3v) is 8.12. The van der Waals surface area contributed by atoms with Crippen LogP contribution in [-0.2, 0) is 16.0 Å². The minimum Gasteiger partial charge on any atom is -0.507 e. The van der Waals surface area contributed by atoms with Gasteiger partial charge in [0.15, 0.2) is 22.4 Å². The number of aromatic nitrogens is 1. The van der Waals surface area contributed by atoms with Crippen molar-refractivity contribution in [3.63, 3.8) is 0 Å². The highest BCUT2D eigenvalue weighted by Crippen LogP contribution is 2.46. The van der Waals surface area contributed by atoms with Gasteiger partial charge < -0.3 is 19.3 Å². The number of carbonyl (C=O) groups is 3. The maximum atomic E-state index is 13.6. The van der Waals surface area contributed by atoms with Crippen LogP contribution in [0.2, 0.25) is 0 Å². The predicted molar refractivity (Wildman–Crippen MR) is 155 cm³/mol. The van der Waals surface area contributed by atoms with Crippen LogP contribution in [-0.4, -0.2) is 46.9 Å². The lowest BCUT2D eigenvalue weighted by Gasteiger charge is -2.24. The Balaban J connectivity index is 1.70. The van der Waals surface area contributed by atoms with Gasteiger partial charge in [-0.05, 0) is 62.2 Å². The van der Waals surface area contributed by atoms with Crippen LogP contribution >= 0.6 is 11.3 Å². The number of aryl methyl sites for hydroxylation is 1. The molecule has 2 aromatic carbocycles. The number of aliphatic hydroxyl groups excluding tert-OH is 1. The molecule has 2 aliphatic heterocycles. The number of hydrogen-bond acceptors (Lipinski definition) is 9. The number of benzene rings is 2. The van der Waals surface area contributed by atoms with Crippen molar-refractivity contribution in [2.45, 2.75) is 46.3 Å². The Bertz CT molecular complexity index is 1610. The average molecular weight is 575 g/mol. The monoisotopic (exact) mass is 574 g/mol. The molecule has 2 aliphatic rings. The van der Waals surface area contributed by atoms with Gasteiger partial charge in [-0.1, -0.05) is 30.1 Å². The summed E-state index contributed by atoms with van der Waals surface area (Å²) in [5.74, 6) is -0.648. The molecule has 212 valence electrons. The van der Waals surface area contributed by atoms with Gasteiger partial charge in [-0.3, -0.25) is 19.3 Å². The number of hydrogen-bond donors (Lipinski definition) is 1. The van der Waals surface area contributed by atoms with Crippen molar-refractivity contribution in [1.29, 1.82) is 0 Å². The second-order valence-corrected chi connectivity index (χ2v) is 10.8. The van der Waals surface area contributed by atoms with Crippen molar-refractivity contribution in [1.82, 2.24) is 4.98 Å². The number of aliphatic hydroxyl groups is 1. The normalized spacial score (nSPS) is 19.2. The maximum absolute atomic E-state index is 13.6. The van der Waals surface area contributed by atoms with Crippen LogP contribution in [0.15, 0.2) is 54.6 Å². The standard InChI is InChI=1S/C31H30N2O7S/c1-6-12-39-23-11-8-19(15-24(23)38-7-2)26-25(27(35)20-9-10-22-21(14-20)13-16(3)40-22)28(36)30(37)33(26)31-32-17(4)29(41-31)18(5)34/h6,8-11,14-16,26,35H,1,7,12-13H2,2-5H3/b27-25-. The zero-order valence-electron chi connectivity index (χ0n) is 23.2. The van der Waals surface area contributed by atoms with E-state index < -0.39 is 17.7 Å². The molecule has 0 radical (unpaired) electrons. The Morgan fingerprint density at radius 3 is 2.68 bits per heavy atom. The van der Waals surface area contributed by atoms with E-state index in [4.69, 9.17) is 14.2 Å². The molecule has 0 spiro atoms. The largest absolute Gasteiger partial charge is 0.507 e. The number of anilines is 1. The fourth-order valence-corrected chi connectivity index (χ4v) is 6.10. The summed E-state index contributed by atoms with van der Waals surface area (Å²) >= 11 is 1.03. The number of rotatable bonds is 9. The third kappa shape index (κ3) is 5.11. The molecule has 2 atom stereocenters. The van der Waals surface area contributed by atoms with Gasteiger partial charge in [-0.15, -0.1) is 0 Å². The van der Waals surface area contributed by atoms with Gasteiger partial charge in [-0.2, -0.15) is 0 Å². The van der Waals surface area contributed by atoms with Crippen LogP contribution in [0.4, 0.5) is 5.13 Å². The number of ether oxygens (including phenoxy) is 3. The summed E-state index contributed by atoms with van der Waals surface area (Å²) < 4.78 is 17.4. The van der Waals surface area contributed by atoms with E-state index >= 15 is 0 Å². The predicted octanol–water partition coefficient (Wildman–Crippen LogP) is 5.57. The van der Waals surface area contributed by atoms with Gasteiger partial charge in [0, 0.05) is 18.9 Å². The van der Waals surface area contributed by atoms with Gasteiger partial charge in [0.1, 0.15) is 24.2 Å². The highest BCUT2D eigenvalue weighted by molar-refractivity contribution is 7.18. The van der Waals surface area contributed by atoms with Gasteiger partial charge in [-0.25, -0.2) is 4.98 Å². The molecule has 1 aromatic heterocycles. The van der Waals surface area contributed by atoms with Crippen molar-refractivity contribution < 1.29 is 33.7 Å². The first-order valence-electron chi connectivity index (χ1n) is 13.2. The molecule has 1 N–H and O–H groups in total. The minimum absolute atomic E-state index is 0.00426. The van der Waals surface area contributed by atoms with Crippen LogP contribution in [0.5, 0.6) is 17.2 Å². The highest BCUT2D eigenvalue weighted by atomic mass is 32.1. The fraction of sp³-hybridized carbons (Fsp3) is 0.290. The van der Waals surface area contributed by atoms with Crippen LogP contribution in [0, 0.1) is 6.92 Å². The lowest BCUT2D eigenvalue weighted by Crippen LogP contribution is -2.29. The molecular weight excluding hydrogens is 544 g/mol. The summed E-state index contributed by atoms with van der Waals surface area (Å²) in [6, 6.07) is 9.23. The lowest BCUT2D eigenvalue weighted by atomic mass is 9.94. The zero-order chi connectivity index (χ0) is 29.4. The van der Waals surface area contributed by atoms with Gasteiger partial charge >= 0.3 is 5.91 Å². The van der Waals surface area contributed by atoms with Crippen molar-refractivity contribution in [2.75, 3.05) is 18.1 Å². The van der Waals surface area contributed by atoms with Crippen LogP contribution in [0.25, 0.3) is 5.76 Å². The third-order valence-electron chi connectivity index (χ3n) is 6.87. The number of ketones is 2. The molecule has 2 unspecified atom stereocenters. The van der Waals surface area contributed by atoms with Crippen molar-refractivity contribution in [2.24, 2.45) is 0 Å². The summed E-state index contributed by atoms with van der Waals surface area (Å²) in [6.45, 7) is 11.2. The van der Waals surface area contributed by atoms with E-state index in [1.165, 1.54) is 11.8 Å². The van der Waals surface area contributed by atoms with Crippen LogP contribution in [0.1, 0.15) is 58.9 Å². The Labute approximate surface area is 241 Å². The van der Waals surface area contributed by atoms with Crippen molar-refractivity contribution >= 4 is 39.7 Å². The maximum Gasteiger partial charge on any atom is 0.301 e.